The first-order valence-electron chi connectivity index (χ1n) is 11.9. The molecule has 179 valence electrons. The Hall–Kier alpha value is -2.82. The SMILES string of the molecule is CCCCN(C(=O)OC(C)(C)C)c1cc(C)c(NC(=O)C[CH]CCc2ccccc2)c(C)c1. The molecule has 0 bridgehead atoms. The zero-order valence-corrected chi connectivity index (χ0v) is 21.0. The summed E-state index contributed by atoms with van der Waals surface area (Å²) in [5.41, 5.74) is 4.16. The average Bonchev–Trinajstić information content (AvgIpc) is 2.73. The van der Waals surface area contributed by atoms with Gasteiger partial charge in [-0.1, -0.05) is 43.7 Å². The standard InChI is InChI=1S/C28H39N2O3/c1-7-8-18-30(27(32)33-28(4,5)6)24-19-21(2)26(22(3)20-24)29-25(31)17-13-12-16-23-14-10-9-11-15-23/h9-11,13-15,19-20H,7-8,12,16-18H2,1-6H3,(H,29,31). The molecule has 0 spiro atoms. The average molecular weight is 452 g/mol. The zero-order chi connectivity index (χ0) is 24.4. The Labute approximate surface area is 199 Å². The maximum absolute atomic E-state index is 12.8. The molecule has 0 heterocycles. The van der Waals surface area contributed by atoms with Gasteiger partial charge in [0.1, 0.15) is 5.60 Å². The molecular weight excluding hydrogens is 412 g/mol. The van der Waals surface area contributed by atoms with E-state index in [-0.39, 0.29) is 12.0 Å². The second-order valence-electron chi connectivity index (χ2n) is 9.51. The quantitative estimate of drug-likeness (QED) is 0.395. The van der Waals surface area contributed by atoms with Crippen LogP contribution in [-0.2, 0) is 16.0 Å². The Morgan fingerprint density at radius 1 is 1.06 bits per heavy atom. The van der Waals surface area contributed by atoms with Crippen LogP contribution in [0.25, 0.3) is 0 Å². The molecule has 0 unspecified atom stereocenters. The van der Waals surface area contributed by atoms with Crippen LogP contribution in [0.1, 0.15) is 70.1 Å². The van der Waals surface area contributed by atoms with Gasteiger partial charge in [0.15, 0.2) is 0 Å². The molecule has 5 nitrogen and oxygen atoms in total. The van der Waals surface area contributed by atoms with Gasteiger partial charge < -0.3 is 10.1 Å². The lowest BCUT2D eigenvalue weighted by molar-refractivity contribution is -0.115. The van der Waals surface area contributed by atoms with E-state index in [0.717, 1.165) is 48.2 Å². The number of amides is 2. The minimum atomic E-state index is -0.559. The number of carbonyl (C=O) groups excluding carboxylic acids is 2. The Bertz CT molecular complexity index is 893. The molecule has 0 fully saturated rings. The van der Waals surface area contributed by atoms with Crippen molar-refractivity contribution < 1.29 is 14.3 Å². The second-order valence-corrected chi connectivity index (χ2v) is 9.51. The van der Waals surface area contributed by atoms with Crippen molar-refractivity contribution >= 4 is 23.4 Å². The number of aryl methyl sites for hydroxylation is 3. The van der Waals surface area contributed by atoms with Gasteiger partial charge in [-0.2, -0.15) is 0 Å². The minimum Gasteiger partial charge on any atom is -0.443 e. The monoisotopic (exact) mass is 451 g/mol. The van der Waals surface area contributed by atoms with Gasteiger partial charge in [0.05, 0.1) is 0 Å². The lowest BCUT2D eigenvalue weighted by Crippen LogP contribution is -2.37. The van der Waals surface area contributed by atoms with Crippen LogP contribution >= 0.6 is 0 Å². The molecule has 0 aliphatic carbocycles. The molecule has 1 N–H and O–H groups in total. The second kappa shape index (κ2) is 12.4. The van der Waals surface area contributed by atoms with Crippen LogP contribution < -0.4 is 10.2 Å². The molecule has 0 aliphatic heterocycles. The maximum Gasteiger partial charge on any atom is 0.414 e. The van der Waals surface area contributed by atoms with Crippen LogP contribution in [0.4, 0.5) is 16.2 Å². The van der Waals surface area contributed by atoms with Gasteiger partial charge in [0.2, 0.25) is 5.91 Å². The van der Waals surface area contributed by atoms with E-state index >= 15 is 0 Å². The van der Waals surface area contributed by atoms with Crippen molar-refractivity contribution in [2.24, 2.45) is 0 Å². The molecule has 2 amide bonds. The maximum atomic E-state index is 12.8. The Morgan fingerprint density at radius 3 is 2.27 bits per heavy atom. The third-order valence-electron chi connectivity index (χ3n) is 5.25. The van der Waals surface area contributed by atoms with E-state index in [9.17, 15) is 9.59 Å². The molecule has 2 aromatic carbocycles. The van der Waals surface area contributed by atoms with Gasteiger partial charge in [0, 0.05) is 24.3 Å². The van der Waals surface area contributed by atoms with E-state index in [1.165, 1.54) is 5.56 Å². The smallest absolute Gasteiger partial charge is 0.414 e. The summed E-state index contributed by atoms with van der Waals surface area (Å²) in [6.07, 6.45) is 5.69. The first-order valence-corrected chi connectivity index (χ1v) is 11.9. The number of anilines is 2. The molecule has 1 radical (unpaired) electrons. The minimum absolute atomic E-state index is 0.0306. The number of carbonyl (C=O) groups is 2. The van der Waals surface area contributed by atoms with E-state index in [2.05, 4.69) is 24.4 Å². The van der Waals surface area contributed by atoms with Crippen LogP contribution in [0.5, 0.6) is 0 Å². The summed E-state index contributed by atoms with van der Waals surface area (Å²) in [5.74, 6) is -0.0306. The molecule has 0 atom stereocenters. The third kappa shape index (κ3) is 8.91. The van der Waals surface area contributed by atoms with Crippen molar-refractivity contribution in [3.63, 3.8) is 0 Å². The highest BCUT2D eigenvalue weighted by Crippen LogP contribution is 2.29. The largest absolute Gasteiger partial charge is 0.443 e. The zero-order valence-electron chi connectivity index (χ0n) is 21.0. The number of nitrogens with one attached hydrogen (secondary N) is 1. The third-order valence-corrected chi connectivity index (χ3v) is 5.25. The highest BCUT2D eigenvalue weighted by Gasteiger charge is 2.24. The van der Waals surface area contributed by atoms with Crippen molar-refractivity contribution in [2.75, 3.05) is 16.8 Å². The summed E-state index contributed by atoms with van der Waals surface area (Å²) in [4.78, 5) is 27.0. The predicted octanol–water partition coefficient (Wildman–Crippen LogP) is 7.01. The first-order chi connectivity index (χ1) is 15.6. The molecule has 0 saturated heterocycles. The normalized spacial score (nSPS) is 11.2. The number of hydrogen-bond donors (Lipinski definition) is 1. The lowest BCUT2D eigenvalue weighted by Gasteiger charge is -2.28. The van der Waals surface area contributed by atoms with E-state index in [0.29, 0.717) is 13.0 Å². The van der Waals surface area contributed by atoms with Gasteiger partial charge >= 0.3 is 6.09 Å². The van der Waals surface area contributed by atoms with Gasteiger partial charge in [-0.3, -0.25) is 9.69 Å². The summed E-state index contributed by atoms with van der Waals surface area (Å²) in [6, 6.07) is 14.2. The van der Waals surface area contributed by atoms with Gasteiger partial charge in [0.25, 0.3) is 0 Å². The molecule has 33 heavy (non-hydrogen) atoms. The molecule has 0 aromatic heterocycles. The predicted molar refractivity (Wildman–Crippen MR) is 137 cm³/mol. The Morgan fingerprint density at radius 2 is 1.70 bits per heavy atom. The number of unbranched alkanes of at least 4 members (excludes halogenated alkanes) is 2. The van der Waals surface area contributed by atoms with Crippen molar-refractivity contribution in [1.29, 1.82) is 0 Å². The molecule has 2 aromatic rings. The van der Waals surface area contributed by atoms with Crippen molar-refractivity contribution in [3.8, 4) is 0 Å². The van der Waals surface area contributed by atoms with Crippen molar-refractivity contribution in [1.82, 2.24) is 0 Å². The van der Waals surface area contributed by atoms with Gasteiger partial charge in [-0.15, -0.1) is 0 Å². The fourth-order valence-corrected chi connectivity index (χ4v) is 3.59. The van der Waals surface area contributed by atoms with E-state index in [1.807, 2.05) is 71.4 Å². The Balaban J connectivity index is 2.02. The van der Waals surface area contributed by atoms with Crippen LogP contribution in [0.15, 0.2) is 42.5 Å². The molecular formula is C28H39N2O3. The van der Waals surface area contributed by atoms with Crippen LogP contribution in [0, 0.1) is 20.3 Å². The summed E-state index contributed by atoms with van der Waals surface area (Å²) >= 11 is 0. The van der Waals surface area contributed by atoms with E-state index < -0.39 is 5.60 Å². The highest BCUT2D eigenvalue weighted by molar-refractivity contribution is 5.94. The number of ether oxygens (including phenoxy) is 1. The topological polar surface area (TPSA) is 58.6 Å². The number of nitrogens with zero attached hydrogens (tertiary/aromatic N) is 1. The first kappa shape index (κ1) is 26.4. The number of benzene rings is 2. The molecule has 0 saturated carbocycles. The van der Waals surface area contributed by atoms with Gasteiger partial charge in [-0.05, 0) is 89.1 Å². The Kier molecular flexibility index (Phi) is 9.95. The number of rotatable bonds is 10. The summed E-state index contributed by atoms with van der Waals surface area (Å²) in [5, 5.41) is 3.05. The summed E-state index contributed by atoms with van der Waals surface area (Å²) in [7, 11) is 0. The highest BCUT2D eigenvalue weighted by atomic mass is 16.6. The summed E-state index contributed by atoms with van der Waals surface area (Å²) in [6.45, 7) is 12.2. The molecule has 5 heteroatoms. The fraction of sp³-hybridized carbons (Fsp3) is 0.464. The molecule has 2 rings (SSSR count). The van der Waals surface area contributed by atoms with Crippen LogP contribution in [0.2, 0.25) is 0 Å². The van der Waals surface area contributed by atoms with Gasteiger partial charge in [-0.25, -0.2) is 4.79 Å². The fourth-order valence-electron chi connectivity index (χ4n) is 3.59. The van der Waals surface area contributed by atoms with Crippen molar-refractivity contribution in [3.05, 3.63) is 65.6 Å². The molecule has 0 aliphatic rings. The van der Waals surface area contributed by atoms with Crippen LogP contribution in [0.3, 0.4) is 0 Å². The number of hydrogen-bond acceptors (Lipinski definition) is 3. The van der Waals surface area contributed by atoms with E-state index in [4.69, 9.17) is 4.74 Å². The lowest BCUT2D eigenvalue weighted by atomic mass is 10.1. The van der Waals surface area contributed by atoms with Crippen LogP contribution in [-0.4, -0.2) is 24.1 Å². The van der Waals surface area contributed by atoms with Crippen molar-refractivity contribution in [2.45, 2.75) is 79.2 Å². The summed E-state index contributed by atoms with van der Waals surface area (Å²) < 4.78 is 5.63. The van der Waals surface area contributed by atoms with E-state index in [1.54, 1.807) is 4.90 Å².